The van der Waals surface area contributed by atoms with Gasteiger partial charge in [0.15, 0.2) is 0 Å². The van der Waals surface area contributed by atoms with Gasteiger partial charge < -0.3 is 5.32 Å². The number of amides is 1. The van der Waals surface area contributed by atoms with E-state index in [0.29, 0.717) is 28.7 Å². The molecule has 0 saturated heterocycles. The van der Waals surface area contributed by atoms with Gasteiger partial charge in [0, 0.05) is 12.1 Å². The van der Waals surface area contributed by atoms with E-state index in [2.05, 4.69) is 15.1 Å². The summed E-state index contributed by atoms with van der Waals surface area (Å²) in [4.78, 5) is 37.1. The predicted molar refractivity (Wildman–Crippen MR) is 121 cm³/mol. The zero-order valence-corrected chi connectivity index (χ0v) is 18.1. The molecule has 10 heteroatoms. The van der Waals surface area contributed by atoms with Gasteiger partial charge in [0.25, 0.3) is 11.1 Å². The average molecular weight is 445 g/mol. The second-order valence-electron chi connectivity index (χ2n) is 7.14. The molecule has 0 bridgehead atoms. The molecule has 0 fully saturated rings. The third-order valence-corrected chi connectivity index (χ3v) is 6.27. The number of nitrogens with zero attached hydrogens (tertiary/aromatic N) is 1. The molecule has 3 N–H and O–H groups in total. The van der Waals surface area contributed by atoms with E-state index in [1.807, 2.05) is 0 Å². The first-order chi connectivity index (χ1) is 14.7. The largest absolute Gasteiger partial charge is 0.326 e. The Kier molecular flexibility index (Phi) is 6.59. The molecule has 9 nitrogen and oxygen atoms in total. The molecule has 0 saturated carbocycles. The third kappa shape index (κ3) is 5.21. The standard InChI is InChI=1S/C21H24N4O5S/c1-3-13-31(29,30)24-18-10-6-9-17(14(18)2)22-19(26)11-12-25-21(28)16-8-5-4-7-15(16)20(27)23-25/h4-10,24H,3,11-13H2,1-2H3,(H,22,26)(H,23,27). The van der Waals surface area contributed by atoms with E-state index in [1.165, 1.54) is 0 Å². The number of carbonyl (C=O) groups excluding carboxylic acids is 1. The van der Waals surface area contributed by atoms with E-state index < -0.39 is 15.6 Å². The molecule has 0 spiro atoms. The topological polar surface area (TPSA) is 130 Å². The van der Waals surface area contributed by atoms with Crippen LogP contribution in [0, 0.1) is 6.92 Å². The Morgan fingerprint density at radius 3 is 2.42 bits per heavy atom. The van der Waals surface area contributed by atoms with Crippen LogP contribution in [0.4, 0.5) is 11.4 Å². The smallest absolute Gasteiger partial charge is 0.273 e. The van der Waals surface area contributed by atoms with Crippen LogP contribution in [0.2, 0.25) is 0 Å². The molecular formula is C21H24N4O5S. The molecule has 2 aromatic carbocycles. The number of sulfonamides is 1. The Hall–Kier alpha value is -3.40. The number of aryl methyl sites for hydroxylation is 1. The molecule has 0 aliphatic heterocycles. The van der Waals surface area contributed by atoms with Crippen molar-refractivity contribution < 1.29 is 13.2 Å². The minimum atomic E-state index is -3.46. The Morgan fingerprint density at radius 1 is 1.03 bits per heavy atom. The van der Waals surface area contributed by atoms with Crippen molar-refractivity contribution in [3.63, 3.8) is 0 Å². The van der Waals surface area contributed by atoms with Gasteiger partial charge in [-0.2, -0.15) is 0 Å². The van der Waals surface area contributed by atoms with Crippen molar-refractivity contribution in [2.45, 2.75) is 33.2 Å². The minimum absolute atomic E-state index is 0.00173. The van der Waals surface area contributed by atoms with E-state index in [9.17, 15) is 22.8 Å². The van der Waals surface area contributed by atoms with Crippen molar-refractivity contribution in [1.82, 2.24) is 9.78 Å². The van der Waals surface area contributed by atoms with Crippen LogP contribution in [0.3, 0.4) is 0 Å². The highest BCUT2D eigenvalue weighted by atomic mass is 32.2. The number of fused-ring (bicyclic) bond motifs is 1. The van der Waals surface area contributed by atoms with Gasteiger partial charge in [0.2, 0.25) is 15.9 Å². The second-order valence-corrected chi connectivity index (χ2v) is 8.98. The summed E-state index contributed by atoms with van der Waals surface area (Å²) in [5, 5.41) is 5.80. The highest BCUT2D eigenvalue weighted by Gasteiger charge is 2.14. The van der Waals surface area contributed by atoms with Gasteiger partial charge in [-0.05, 0) is 43.2 Å². The van der Waals surface area contributed by atoms with Crippen LogP contribution in [0.15, 0.2) is 52.1 Å². The lowest BCUT2D eigenvalue weighted by Crippen LogP contribution is -2.31. The maximum atomic E-state index is 12.5. The number of H-pyrrole nitrogens is 1. The quantitative estimate of drug-likeness (QED) is 0.490. The van der Waals surface area contributed by atoms with Crippen LogP contribution in [0.25, 0.3) is 10.8 Å². The molecule has 164 valence electrons. The Balaban J connectivity index is 1.73. The SMILES string of the molecule is CCCS(=O)(=O)Nc1cccc(NC(=O)CCn2[nH]c(=O)c3ccccc3c2=O)c1C. The molecule has 1 amide bonds. The van der Waals surface area contributed by atoms with Crippen LogP contribution in [0.1, 0.15) is 25.3 Å². The van der Waals surface area contributed by atoms with Crippen molar-refractivity contribution in [3.8, 4) is 0 Å². The van der Waals surface area contributed by atoms with E-state index in [-0.39, 0.29) is 35.6 Å². The molecule has 3 aromatic rings. The number of aromatic nitrogens is 2. The van der Waals surface area contributed by atoms with Gasteiger partial charge in [0.05, 0.1) is 28.8 Å². The van der Waals surface area contributed by atoms with E-state index in [4.69, 9.17) is 0 Å². The predicted octanol–water partition coefficient (Wildman–Crippen LogP) is 2.18. The van der Waals surface area contributed by atoms with Crippen molar-refractivity contribution in [2.75, 3.05) is 15.8 Å². The van der Waals surface area contributed by atoms with E-state index >= 15 is 0 Å². The number of hydrogen-bond donors (Lipinski definition) is 3. The molecule has 0 atom stereocenters. The molecule has 0 unspecified atom stereocenters. The summed E-state index contributed by atoms with van der Waals surface area (Å²) < 4.78 is 27.7. The van der Waals surface area contributed by atoms with Gasteiger partial charge in [-0.1, -0.05) is 25.1 Å². The van der Waals surface area contributed by atoms with Crippen molar-refractivity contribution >= 4 is 38.1 Å². The van der Waals surface area contributed by atoms with Crippen LogP contribution in [-0.4, -0.2) is 29.9 Å². The van der Waals surface area contributed by atoms with Crippen LogP contribution < -0.4 is 21.2 Å². The van der Waals surface area contributed by atoms with Crippen LogP contribution in [-0.2, 0) is 21.4 Å². The third-order valence-electron chi connectivity index (χ3n) is 4.79. The number of nitrogens with one attached hydrogen (secondary N) is 3. The summed E-state index contributed by atoms with van der Waals surface area (Å²) in [6.45, 7) is 3.47. The molecular weight excluding hydrogens is 420 g/mol. The second kappa shape index (κ2) is 9.17. The molecule has 0 aliphatic rings. The maximum Gasteiger partial charge on any atom is 0.273 e. The van der Waals surface area contributed by atoms with Gasteiger partial charge in [-0.15, -0.1) is 0 Å². The lowest BCUT2D eigenvalue weighted by molar-refractivity contribution is -0.116. The number of aromatic amines is 1. The normalized spacial score (nSPS) is 11.4. The van der Waals surface area contributed by atoms with Crippen molar-refractivity contribution in [3.05, 3.63) is 68.7 Å². The van der Waals surface area contributed by atoms with E-state index in [0.717, 1.165) is 4.68 Å². The first-order valence-electron chi connectivity index (χ1n) is 9.83. The zero-order valence-electron chi connectivity index (χ0n) is 17.3. The number of rotatable bonds is 8. The number of benzene rings is 2. The van der Waals surface area contributed by atoms with Crippen LogP contribution in [0.5, 0.6) is 0 Å². The van der Waals surface area contributed by atoms with Crippen molar-refractivity contribution in [1.29, 1.82) is 0 Å². The highest BCUT2D eigenvalue weighted by Crippen LogP contribution is 2.24. The van der Waals surface area contributed by atoms with Gasteiger partial charge in [-0.3, -0.25) is 24.2 Å². The summed E-state index contributed by atoms with van der Waals surface area (Å²) >= 11 is 0. The van der Waals surface area contributed by atoms with Gasteiger partial charge in [0.1, 0.15) is 0 Å². The summed E-state index contributed by atoms with van der Waals surface area (Å²) in [6.07, 6.45) is 0.431. The summed E-state index contributed by atoms with van der Waals surface area (Å²) in [5.41, 5.74) is 0.638. The fourth-order valence-electron chi connectivity index (χ4n) is 3.20. The zero-order chi connectivity index (χ0) is 22.6. The summed E-state index contributed by atoms with van der Waals surface area (Å²) in [7, 11) is -3.46. The minimum Gasteiger partial charge on any atom is -0.326 e. The fourth-order valence-corrected chi connectivity index (χ4v) is 4.39. The summed E-state index contributed by atoms with van der Waals surface area (Å²) in [5.74, 6) is -0.376. The van der Waals surface area contributed by atoms with Crippen LogP contribution >= 0.6 is 0 Å². The molecule has 3 rings (SSSR count). The summed E-state index contributed by atoms with van der Waals surface area (Å²) in [6, 6.07) is 11.4. The molecule has 1 aromatic heterocycles. The first-order valence-corrected chi connectivity index (χ1v) is 11.5. The number of carbonyl (C=O) groups is 1. The van der Waals surface area contributed by atoms with Gasteiger partial charge in [-0.25, -0.2) is 13.1 Å². The van der Waals surface area contributed by atoms with E-state index in [1.54, 1.807) is 56.3 Å². The highest BCUT2D eigenvalue weighted by molar-refractivity contribution is 7.92. The number of anilines is 2. The van der Waals surface area contributed by atoms with Crippen molar-refractivity contribution in [2.24, 2.45) is 0 Å². The fraction of sp³-hybridized carbons (Fsp3) is 0.286. The Labute approximate surface area is 179 Å². The first kappa shape index (κ1) is 22.3. The Morgan fingerprint density at radius 2 is 1.71 bits per heavy atom. The molecule has 31 heavy (non-hydrogen) atoms. The average Bonchev–Trinajstić information content (AvgIpc) is 2.72. The molecule has 0 aliphatic carbocycles. The maximum absolute atomic E-state index is 12.5. The monoisotopic (exact) mass is 444 g/mol. The van der Waals surface area contributed by atoms with Gasteiger partial charge >= 0.3 is 0 Å². The Bertz CT molecular complexity index is 1340. The lowest BCUT2D eigenvalue weighted by Gasteiger charge is -2.14. The molecule has 1 heterocycles. The molecule has 0 radical (unpaired) electrons. The number of hydrogen-bond acceptors (Lipinski definition) is 5. The lowest BCUT2D eigenvalue weighted by atomic mass is 10.1.